The van der Waals surface area contributed by atoms with Crippen LogP contribution in [-0.2, 0) is 16.4 Å². The lowest BCUT2D eigenvalue weighted by atomic mass is 10.2. The molecule has 3 nitrogen and oxygen atoms in total. The van der Waals surface area contributed by atoms with E-state index in [2.05, 4.69) is 5.32 Å². The summed E-state index contributed by atoms with van der Waals surface area (Å²) < 4.78 is 37.0. The maximum atomic E-state index is 13.6. The largest absolute Gasteiger partial charge is 0.381 e. The van der Waals surface area contributed by atoms with E-state index in [9.17, 15) is 12.8 Å². The van der Waals surface area contributed by atoms with E-state index in [-0.39, 0.29) is 23.0 Å². The molecule has 0 saturated carbocycles. The molecule has 0 saturated heterocycles. The van der Waals surface area contributed by atoms with Gasteiger partial charge in [0, 0.05) is 22.8 Å². The van der Waals surface area contributed by atoms with Crippen LogP contribution in [0.3, 0.4) is 0 Å². The lowest BCUT2D eigenvalue weighted by molar-refractivity contribution is 0.597. The fraction of sp³-hybridized carbons (Fsp3) is 0.200. The van der Waals surface area contributed by atoms with E-state index in [1.54, 1.807) is 31.2 Å². The smallest absolute Gasteiger partial charge is 0.178 e. The number of benzene rings is 2. The van der Waals surface area contributed by atoms with Gasteiger partial charge < -0.3 is 5.32 Å². The Bertz CT molecular complexity index is 710. The fourth-order valence-electron chi connectivity index (χ4n) is 1.84. The van der Waals surface area contributed by atoms with Crippen LogP contribution in [0, 0.1) is 5.82 Å². The Morgan fingerprint density at radius 3 is 2.38 bits per heavy atom. The van der Waals surface area contributed by atoms with Crippen molar-refractivity contribution in [3.8, 4) is 0 Å². The Morgan fingerprint density at radius 2 is 1.81 bits per heavy atom. The van der Waals surface area contributed by atoms with Gasteiger partial charge in [-0.3, -0.25) is 0 Å². The van der Waals surface area contributed by atoms with Crippen LogP contribution in [0.15, 0.2) is 47.4 Å². The van der Waals surface area contributed by atoms with Crippen molar-refractivity contribution in [2.75, 3.05) is 11.1 Å². The van der Waals surface area contributed by atoms with E-state index in [1.165, 1.54) is 18.2 Å². The van der Waals surface area contributed by atoms with E-state index >= 15 is 0 Å². The third-order valence-electron chi connectivity index (χ3n) is 3.12. The maximum Gasteiger partial charge on any atom is 0.178 e. The van der Waals surface area contributed by atoms with Crippen LogP contribution >= 0.6 is 11.6 Å². The van der Waals surface area contributed by atoms with Crippen LogP contribution in [0.1, 0.15) is 12.5 Å². The van der Waals surface area contributed by atoms with Crippen molar-refractivity contribution < 1.29 is 12.8 Å². The Labute approximate surface area is 128 Å². The zero-order valence-corrected chi connectivity index (χ0v) is 13.0. The molecule has 0 radical (unpaired) electrons. The van der Waals surface area contributed by atoms with Crippen molar-refractivity contribution in [2.45, 2.75) is 18.4 Å². The number of hydrogen-bond acceptors (Lipinski definition) is 3. The summed E-state index contributed by atoms with van der Waals surface area (Å²) in [5, 5.41) is 3.37. The molecule has 0 spiro atoms. The third-order valence-corrected chi connectivity index (χ3v) is 5.23. The molecule has 0 fully saturated rings. The van der Waals surface area contributed by atoms with E-state index in [0.29, 0.717) is 16.3 Å². The van der Waals surface area contributed by atoms with Crippen molar-refractivity contribution in [3.05, 3.63) is 58.9 Å². The predicted octanol–water partition coefficient (Wildman–Crippen LogP) is 3.88. The second-order valence-electron chi connectivity index (χ2n) is 4.48. The van der Waals surface area contributed by atoms with E-state index in [1.807, 2.05) is 0 Å². The molecular weight excluding hydrogens is 313 g/mol. The molecular formula is C15H15ClFNO2S. The van der Waals surface area contributed by atoms with Gasteiger partial charge in [-0.15, -0.1) is 0 Å². The van der Waals surface area contributed by atoms with Crippen LogP contribution < -0.4 is 5.32 Å². The van der Waals surface area contributed by atoms with E-state index in [4.69, 9.17) is 11.6 Å². The van der Waals surface area contributed by atoms with Gasteiger partial charge in [-0.2, -0.15) is 0 Å². The van der Waals surface area contributed by atoms with Crippen molar-refractivity contribution >= 4 is 27.1 Å². The average molecular weight is 328 g/mol. The van der Waals surface area contributed by atoms with Gasteiger partial charge in [-0.25, -0.2) is 12.8 Å². The first kappa shape index (κ1) is 15.8. The van der Waals surface area contributed by atoms with Gasteiger partial charge in [0.15, 0.2) is 9.84 Å². The van der Waals surface area contributed by atoms with Gasteiger partial charge in [0.1, 0.15) is 5.82 Å². The molecule has 112 valence electrons. The first-order chi connectivity index (χ1) is 9.94. The number of hydrogen-bond donors (Lipinski definition) is 1. The molecule has 0 heterocycles. The normalized spacial score (nSPS) is 11.4. The van der Waals surface area contributed by atoms with Gasteiger partial charge in [0.25, 0.3) is 0 Å². The first-order valence-corrected chi connectivity index (χ1v) is 8.46. The highest BCUT2D eigenvalue weighted by molar-refractivity contribution is 7.91. The Hall–Kier alpha value is -1.59. The third kappa shape index (κ3) is 3.74. The Kier molecular flexibility index (Phi) is 4.85. The monoisotopic (exact) mass is 327 g/mol. The van der Waals surface area contributed by atoms with Gasteiger partial charge in [-0.1, -0.05) is 24.6 Å². The van der Waals surface area contributed by atoms with Gasteiger partial charge in [0.05, 0.1) is 10.6 Å². The summed E-state index contributed by atoms with van der Waals surface area (Å²) in [5.74, 6) is -0.315. The molecule has 0 aliphatic heterocycles. The quantitative estimate of drug-likeness (QED) is 0.906. The first-order valence-electron chi connectivity index (χ1n) is 6.43. The van der Waals surface area contributed by atoms with Gasteiger partial charge in [-0.05, 0) is 36.4 Å². The number of rotatable bonds is 5. The molecule has 0 aromatic heterocycles. The second-order valence-corrected chi connectivity index (χ2v) is 7.17. The molecule has 21 heavy (non-hydrogen) atoms. The van der Waals surface area contributed by atoms with Crippen LogP contribution in [0.2, 0.25) is 5.02 Å². The SMILES string of the molecule is CCS(=O)(=O)c1ccc(NCc2c(F)cccc2Cl)cc1. The van der Waals surface area contributed by atoms with Crippen molar-refractivity contribution in [2.24, 2.45) is 0 Å². The molecule has 0 aliphatic carbocycles. The molecule has 0 aliphatic rings. The maximum absolute atomic E-state index is 13.6. The van der Waals surface area contributed by atoms with Crippen molar-refractivity contribution in [3.63, 3.8) is 0 Å². The summed E-state index contributed by atoms with van der Waals surface area (Å²) in [6.07, 6.45) is 0. The zero-order chi connectivity index (χ0) is 15.5. The lowest BCUT2D eigenvalue weighted by Gasteiger charge is -2.10. The molecule has 1 N–H and O–H groups in total. The molecule has 0 unspecified atom stereocenters. The van der Waals surface area contributed by atoms with E-state index in [0.717, 1.165) is 0 Å². The number of anilines is 1. The molecule has 0 amide bonds. The predicted molar refractivity (Wildman–Crippen MR) is 82.9 cm³/mol. The average Bonchev–Trinajstić information content (AvgIpc) is 2.47. The molecule has 0 bridgehead atoms. The van der Waals surface area contributed by atoms with Crippen molar-refractivity contribution in [1.82, 2.24) is 0 Å². The lowest BCUT2D eigenvalue weighted by Crippen LogP contribution is -2.05. The summed E-state index contributed by atoms with van der Waals surface area (Å²) in [6, 6.07) is 10.9. The van der Waals surface area contributed by atoms with Crippen LogP contribution in [-0.4, -0.2) is 14.2 Å². The van der Waals surface area contributed by atoms with Gasteiger partial charge in [0.2, 0.25) is 0 Å². The fourth-order valence-corrected chi connectivity index (χ4v) is 2.95. The van der Waals surface area contributed by atoms with Gasteiger partial charge >= 0.3 is 0 Å². The minimum Gasteiger partial charge on any atom is -0.381 e. The standard InChI is InChI=1S/C15H15ClFNO2S/c1-2-21(19,20)12-8-6-11(7-9-12)18-10-13-14(16)4-3-5-15(13)17/h3-9,18H,2,10H2,1H3. The highest BCUT2D eigenvalue weighted by atomic mass is 35.5. The van der Waals surface area contributed by atoms with Crippen molar-refractivity contribution in [1.29, 1.82) is 0 Å². The molecule has 2 aromatic carbocycles. The molecule has 0 atom stereocenters. The van der Waals surface area contributed by atoms with Crippen LogP contribution in [0.25, 0.3) is 0 Å². The number of nitrogens with one attached hydrogen (secondary N) is 1. The van der Waals surface area contributed by atoms with E-state index < -0.39 is 9.84 Å². The second kappa shape index (κ2) is 6.45. The molecule has 2 aromatic rings. The number of halogens is 2. The highest BCUT2D eigenvalue weighted by Gasteiger charge is 2.11. The highest BCUT2D eigenvalue weighted by Crippen LogP contribution is 2.21. The summed E-state index contributed by atoms with van der Waals surface area (Å²) in [6.45, 7) is 1.83. The van der Waals surface area contributed by atoms with Crippen LogP contribution in [0.4, 0.5) is 10.1 Å². The molecule has 6 heteroatoms. The minimum atomic E-state index is -3.20. The zero-order valence-electron chi connectivity index (χ0n) is 11.4. The minimum absolute atomic E-state index is 0.0601. The Morgan fingerprint density at radius 1 is 1.14 bits per heavy atom. The summed E-state index contributed by atoms with van der Waals surface area (Å²) in [4.78, 5) is 0.277. The summed E-state index contributed by atoms with van der Waals surface area (Å²) >= 11 is 5.94. The Balaban J connectivity index is 2.12. The van der Waals surface area contributed by atoms with Crippen LogP contribution in [0.5, 0.6) is 0 Å². The molecule has 2 rings (SSSR count). The summed E-state index contributed by atoms with van der Waals surface area (Å²) in [5.41, 5.74) is 1.08. The summed E-state index contributed by atoms with van der Waals surface area (Å²) in [7, 11) is -3.20. The topological polar surface area (TPSA) is 46.2 Å². The number of sulfone groups is 1.